The second kappa shape index (κ2) is 4.10. The molecule has 2 nitrogen and oxygen atoms in total. The van der Waals surface area contributed by atoms with Crippen molar-refractivity contribution in [2.75, 3.05) is 19.0 Å². The fourth-order valence-electron chi connectivity index (χ4n) is 2.20. The van der Waals surface area contributed by atoms with E-state index in [1.165, 1.54) is 0 Å². The van der Waals surface area contributed by atoms with E-state index in [-0.39, 0.29) is 5.43 Å². The second-order valence-corrected chi connectivity index (χ2v) is 5.56. The third-order valence-corrected chi connectivity index (χ3v) is 4.20. The van der Waals surface area contributed by atoms with Gasteiger partial charge < -0.3 is 4.90 Å². The van der Waals surface area contributed by atoms with Gasteiger partial charge in [0.25, 0.3) is 0 Å². The van der Waals surface area contributed by atoms with Crippen molar-refractivity contribution in [1.82, 2.24) is 0 Å². The summed E-state index contributed by atoms with van der Waals surface area (Å²) in [4.78, 5) is 14.6. The maximum atomic E-state index is 12.6. The highest BCUT2D eigenvalue weighted by Gasteiger charge is 2.10. The second-order valence-electron chi connectivity index (χ2n) is 4.47. The molecule has 0 spiro atoms. The lowest BCUT2D eigenvalue weighted by atomic mass is 10.1. The lowest BCUT2D eigenvalue weighted by Crippen LogP contribution is -2.13. The van der Waals surface area contributed by atoms with E-state index in [1.807, 2.05) is 61.5 Å². The molecule has 2 aromatic carbocycles. The molecule has 0 radical (unpaired) electrons. The maximum Gasteiger partial charge on any atom is 0.197 e. The van der Waals surface area contributed by atoms with Crippen LogP contribution in [0.5, 0.6) is 0 Å². The van der Waals surface area contributed by atoms with Crippen LogP contribution < -0.4 is 10.3 Å². The summed E-state index contributed by atoms with van der Waals surface area (Å²) in [7, 11) is 3.93. The molecule has 0 N–H and O–H groups in total. The van der Waals surface area contributed by atoms with Crippen molar-refractivity contribution < 1.29 is 0 Å². The molecular weight excluding hydrogens is 242 g/mol. The molecule has 0 saturated carbocycles. The molecule has 0 bridgehead atoms. The monoisotopic (exact) mass is 255 g/mol. The molecule has 18 heavy (non-hydrogen) atoms. The smallest absolute Gasteiger partial charge is 0.197 e. The van der Waals surface area contributed by atoms with Gasteiger partial charge in [-0.1, -0.05) is 18.2 Å². The van der Waals surface area contributed by atoms with Crippen molar-refractivity contribution in [1.29, 1.82) is 0 Å². The first-order valence-electron chi connectivity index (χ1n) is 5.80. The van der Waals surface area contributed by atoms with E-state index in [0.29, 0.717) is 0 Å². The number of rotatable bonds is 1. The first kappa shape index (κ1) is 11.2. The predicted molar refractivity (Wildman–Crippen MR) is 79.9 cm³/mol. The molecule has 0 aliphatic carbocycles. The Kier molecular flexibility index (Phi) is 2.56. The highest BCUT2D eigenvalue weighted by molar-refractivity contribution is 7.24. The number of benzene rings is 2. The van der Waals surface area contributed by atoms with Crippen molar-refractivity contribution in [2.24, 2.45) is 0 Å². The van der Waals surface area contributed by atoms with Gasteiger partial charge in [-0.3, -0.25) is 4.79 Å². The molecule has 0 unspecified atom stereocenters. The van der Waals surface area contributed by atoms with Crippen molar-refractivity contribution in [3.8, 4) is 0 Å². The lowest BCUT2D eigenvalue weighted by Gasteiger charge is -2.14. The minimum Gasteiger partial charge on any atom is -0.377 e. The zero-order valence-corrected chi connectivity index (χ0v) is 11.1. The van der Waals surface area contributed by atoms with Gasteiger partial charge in [0.1, 0.15) is 0 Å². The van der Waals surface area contributed by atoms with Crippen LogP contribution in [0.1, 0.15) is 0 Å². The minimum atomic E-state index is 0.128. The largest absolute Gasteiger partial charge is 0.377 e. The Hall–Kier alpha value is -1.87. The number of anilines is 1. The SMILES string of the molecule is CN(C)c1cccc2sc3ccccc3c(=O)c12. The van der Waals surface area contributed by atoms with Crippen LogP contribution in [0.25, 0.3) is 20.2 Å². The van der Waals surface area contributed by atoms with Crippen LogP contribution in [-0.4, -0.2) is 14.1 Å². The molecule has 0 atom stereocenters. The van der Waals surface area contributed by atoms with Crippen molar-refractivity contribution in [3.63, 3.8) is 0 Å². The third kappa shape index (κ3) is 1.59. The topological polar surface area (TPSA) is 20.3 Å². The minimum absolute atomic E-state index is 0.128. The third-order valence-electron chi connectivity index (χ3n) is 3.06. The van der Waals surface area contributed by atoms with E-state index >= 15 is 0 Å². The van der Waals surface area contributed by atoms with Gasteiger partial charge in [0.2, 0.25) is 0 Å². The molecule has 3 rings (SSSR count). The van der Waals surface area contributed by atoms with Crippen LogP contribution in [-0.2, 0) is 0 Å². The molecule has 0 aliphatic heterocycles. The average Bonchev–Trinajstić information content (AvgIpc) is 2.38. The van der Waals surface area contributed by atoms with Crippen LogP contribution in [0, 0.1) is 0 Å². The van der Waals surface area contributed by atoms with Crippen LogP contribution in [0.4, 0.5) is 5.69 Å². The Balaban J connectivity index is 2.57. The van der Waals surface area contributed by atoms with Crippen LogP contribution in [0.3, 0.4) is 0 Å². The summed E-state index contributed by atoms with van der Waals surface area (Å²) in [5.41, 5.74) is 1.11. The molecule has 3 heteroatoms. The average molecular weight is 255 g/mol. The van der Waals surface area contributed by atoms with E-state index in [2.05, 4.69) is 0 Å². The predicted octanol–water partition coefficient (Wildman–Crippen LogP) is 3.48. The van der Waals surface area contributed by atoms with E-state index in [9.17, 15) is 4.79 Å². The van der Waals surface area contributed by atoms with Gasteiger partial charge in [-0.15, -0.1) is 11.3 Å². The van der Waals surface area contributed by atoms with Gasteiger partial charge in [0.05, 0.1) is 5.39 Å². The zero-order chi connectivity index (χ0) is 12.7. The Bertz CT molecular complexity index is 789. The Labute approximate surface area is 109 Å². The molecule has 0 saturated heterocycles. The maximum absolute atomic E-state index is 12.6. The van der Waals surface area contributed by atoms with E-state index in [0.717, 1.165) is 25.9 Å². The lowest BCUT2D eigenvalue weighted by molar-refractivity contribution is 1.14. The summed E-state index contributed by atoms with van der Waals surface area (Å²) in [6.45, 7) is 0. The summed E-state index contributed by atoms with van der Waals surface area (Å²) in [6.07, 6.45) is 0. The van der Waals surface area contributed by atoms with E-state index < -0.39 is 0 Å². The number of fused-ring (bicyclic) bond motifs is 2. The number of hydrogen-bond acceptors (Lipinski definition) is 3. The summed E-state index contributed by atoms with van der Waals surface area (Å²) in [5, 5.41) is 1.63. The van der Waals surface area contributed by atoms with Gasteiger partial charge >= 0.3 is 0 Å². The van der Waals surface area contributed by atoms with Crippen LogP contribution in [0.15, 0.2) is 47.3 Å². The molecule has 0 aliphatic rings. The van der Waals surface area contributed by atoms with Crippen molar-refractivity contribution in [2.45, 2.75) is 0 Å². The van der Waals surface area contributed by atoms with Gasteiger partial charge in [-0.05, 0) is 24.3 Å². The zero-order valence-electron chi connectivity index (χ0n) is 10.3. The molecule has 90 valence electrons. The molecule has 3 aromatic rings. The molecule has 1 aromatic heterocycles. The van der Waals surface area contributed by atoms with E-state index in [1.54, 1.807) is 11.3 Å². The van der Waals surface area contributed by atoms with Crippen molar-refractivity contribution in [3.05, 3.63) is 52.7 Å². The van der Waals surface area contributed by atoms with Gasteiger partial charge in [0, 0.05) is 34.6 Å². The molecule has 1 heterocycles. The Morgan fingerprint density at radius 3 is 2.44 bits per heavy atom. The standard InChI is InChI=1S/C15H13NOS/c1-16(2)11-7-5-9-13-14(11)15(17)10-6-3-4-8-12(10)18-13/h3-9H,1-2H3. The van der Waals surface area contributed by atoms with Crippen LogP contribution >= 0.6 is 11.3 Å². The normalized spacial score (nSPS) is 11.0. The van der Waals surface area contributed by atoms with Gasteiger partial charge in [0.15, 0.2) is 5.43 Å². The first-order valence-corrected chi connectivity index (χ1v) is 6.62. The fourth-order valence-corrected chi connectivity index (χ4v) is 3.30. The summed E-state index contributed by atoms with van der Waals surface area (Å²) >= 11 is 1.67. The Morgan fingerprint density at radius 1 is 0.944 bits per heavy atom. The summed E-state index contributed by atoms with van der Waals surface area (Å²) in [5.74, 6) is 0. The van der Waals surface area contributed by atoms with Crippen molar-refractivity contribution >= 4 is 37.2 Å². The van der Waals surface area contributed by atoms with Gasteiger partial charge in [-0.25, -0.2) is 0 Å². The Morgan fingerprint density at radius 2 is 1.67 bits per heavy atom. The molecular formula is C15H13NOS. The summed E-state index contributed by atoms with van der Waals surface area (Å²) < 4.78 is 2.09. The fraction of sp³-hybridized carbons (Fsp3) is 0.133. The quantitative estimate of drug-likeness (QED) is 0.620. The molecule has 0 fully saturated rings. The van der Waals surface area contributed by atoms with Crippen LogP contribution in [0.2, 0.25) is 0 Å². The first-order chi connectivity index (χ1) is 8.68. The highest BCUT2D eigenvalue weighted by atomic mass is 32.1. The van der Waals surface area contributed by atoms with E-state index in [4.69, 9.17) is 0 Å². The van der Waals surface area contributed by atoms with Gasteiger partial charge in [-0.2, -0.15) is 0 Å². The number of nitrogens with zero attached hydrogens (tertiary/aromatic N) is 1. The highest BCUT2D eigenvalue weighted by Crippen LogP contribution is 2.29. The number of hydrogen-bond donors (Lipinski definition) is 0. The molecule has 0 amide bonds. The summed E-state index contributed by atoms with van der Waals surface area (Å²) in [6, 6.07) is 13.8.